The number of hydrogen-bond acceptors (Lipinski definition) is 14. The fourth-order valence-corrected chi connectivity index (χ4v) is 11.4. The Balaban J connectivity index is 1.63. The highest BCUT2D eigenvalue weighted by Gasteiger charge is 2.69. The number of ether oxygens (including phenoxy) is 5. The van der Waals surface area contributed by atoms with Gasteiger partial charge in [-0.05, 0) is 104 Å². The lowest BCUT2D eigenvalue weighted by Crippen LogP contribution is -2.72. The van der Waals surface area contributed by atoms with Crippen LogP contribution in [0.15, 0.2) is 75.8 Å². The maximum atomic E-state index is 14.9. The van der Waals surface area contributed by atoms with Crippen molar-refractivity contribution in [2.75, 3.05) is 19.0 Å². The Hall–Kier alpha value is -4.41. The molecule has 66 heavy (non-hydrogen) atoms. The van der Waals surface area contributed by atoms with Crippen LogP contribution in [0.4, 0.5) is 5.69 Å². The number of anilines is 1. The second-order valence-electron chi connectivity index (χ2n) is 19.4. The van der Waals surface area contributed by atoms with Crippen molar-refractivity contribution in [3.63, 3.8) is 0 Å². The second-order valence-corrected chi connectivity index (χ2v) is 20.8. The molecule has 13 nitrogen and oxygen atoms in total. The van der Waals surface area contributed by atoms with Gasteiger partial charge < -0.3 is 54.5 Å². The van der Waals surface area contributed by atoms with E-state index >= 15 is 0 Å². The zero-order valence-corrected chi connectivity index (χ0v) is 40.6. The molecule has 0 aromatic heterocycles. The van der Waals surface area contributed by atoms with Crippen molar-refractivity contribution in [2.45, 2.75) is 158 Å². The predicted molar refractivity (Wildman–Crippen MR) is 254 cm³/mol. The molecule has 5 unspecified atom stereocenters. The largest absolute Gasteiger partial charge is 0.482 e. The topological polar surface area (TPSA) is 193 Å². The molecule has 10 atom stereocenters. The third kappa shape index (κ3) is 8.79. The van der Waals surface area contributed by atoms with Gasteiger partial charge in [-0.25, -0.2) is 4.79 Å². The minimum Gasteiger partial charge on any atom is -0.482 e. The number of esters is 1. The highest BCUT2D eigenvalue weighted by molar-refractivity contribution is 8.00. The number of benzene rings is 2. The average molecular weight is 930 g/mol. The molecule has 1 saturated heterocycles. The van der Waals surface area contributed by atoms with Gasteiger partial charge in [-0.2, -0.15) is 0 Å². The second kappa shape index (κ2) is 19.3. The van der Waals surface area contributed by atoms with Crippen LogP contribution in [0.3, 0.4) is 0 Å². The van der Waals surface area contributed by atoms with Crippen molar-refractivity contribution in [1.29, 1.82) is 0 Å². The van der Waals surface area contributed by atoms with Gasteiger partial charge in [0.2, 0.25) is 6.29 Å². The summed E-state index contributed by atoms with van der Waals surface area (Å²) in [6, 6.07) is 7.82. The molecule has 0 amide bonds. The lowest BCUT2D eigenvalue weighted by molar-refractivity contribution is -0.277. The smallest absolute Gasteiger partial charge is 0.333 e. The lowest BCUT2D eigenvalue weighted by Gasteiger charge is -2.58. The van der Waals surface area contributed by atoms with Crippen LogP contribution in [0, 0.1) is 11.8 Å². The number of para-hydroxylation sites is 1. The summed E-state index contributed by atoms with van der Waals surface area (Å²) in [6.07, 6.45) is 3.48. The van der Waals surface area contributed by atoms with Crippen molar-refractivity contribution in [3.8, 4) is 17.2 Å². The van der Waals surface area contributed by atoms with Crippen molar-refractivity contribution >= 4 is 41.0 Å². The highest BCUT2D eigenvalue weighted by Crippen LogP contribution is 2.64. The van der Waals surface area contributed by atoms with Gasteiger partial charge in [-0.3, -0.25) is 4.79 Å². The number of ketones is 1. The number of allylic oxidation sites excluding steroid dienone is 4. The first-order valence-electron chi connectivity index (χ1n) is 23.0. The van der Waals surface area contributed by atoms with E-state index in [1.807, 2.05) is 78.0 Å². The first-order valence-corrected chi connectivity index (χ1v) is 23.9. The molecular weight excluding hydrogens is 863 g/mol. The van der Waals surface area contributed by atoms with Gasteiger partial charge in [0.25, 0.3) is 0 Å². The number of carbonyl (C=O) groups is 2. The molecule has 4 aliphatic heterocycles. The fraction of sp³-hybridized carbons (Fsp3) is 0.538. The zero-order chi connectivity index (χ0) is 48.0. The molecule has 2 fully saturated rings. The zero-order valence-electron chi connectivity index (χ0n) is 39.8. The maximum absolute atomic E-state index is 14.9. The van der Waals surface area contributed by atoms with E-state index in [9.17, 15) is 35.1 Å². The van der Waals surface area contributed by atoms with E-state index in [0.717, 1.165) is 22.6 Å². The molecule has 14 heteroatoms. The van der Waals surface area contributed by atoms with E-state index in [4.69, 9.17) is 23.7 Å². The molecule has 0 radical (unpaired) electrons. The molecule has 0 bridgehead atoms. The molecule has 2 aromatic rings. The molecule has 7 rings (SSSR count). The van der Waals surface area contributed by atoms with Gasteiger partial charge in [0.1, 0.15) is 47.3 Å². The standard InChI is InChI=1S/C52H67NO12S/c1-27(2)14-13-23-50(9)24-22-33-45(64-50)32(18-17-28(3)4)47-39(46(33)63-49-44(58)43(57)42(56)36(26-54)62-49)41-40(31(8)66-37-16-12-11-15-35(37)53-41)52(65-47)34(29(5)6)19-20-38(55)51(52,60)25-21-30(7)48(59)61-10/h11-12,14-17,21-22,24,29,31,34,36,42-44,49,53-54,56-58,60H,13,18-20,23,25-26H2,1-10H3/b30-21-/t31?,34?,36-,42-,43+,44-,49+,50?,51?,52?/m1/s1. The fourth-order valence-electron chi connectivity index (χ4n) is 10.2. The molecule has 1 aliphatic carbocycles. The van der Waals surface area contributed by atoms with Crippen molar-refractivity contribution < 1.29 is 58.8 Å². The number of thioether (sulfide) groups is 1. The number of aliphatic hydroxyl groups excluding tert-OH is 4. The summed E-state index contributed by atoms with van der Waals surface area (Å²) in [7, 11) is 1.28. The minimum atomic E-state index is -2.23. The van der Waals surface area contributed by atoms with E-state index in [1.165, 1.54) is 12.7 Å². The number of methoxy groups -OCH3 is 1. The third-order valence-corrected chi connectivity index (χ3v) is 15.0. The number of Topliss-reactive ketones (excluding diaryl/α,β-unsaturated/α-hetero) is 1. The lowest BCUT2D eigenvalue weighted by atomic mass is 9.55. The van der Waals surface area contributed by atoms with Gasteiger partial charge in [-0.1, -0.05) is 55.4 Å². The van der Waals surface area contributed by atoms with E-state index in [0.29, 0.717) is 53.0 Å². The number of carbonyl (C=O) groups excluding carboxylic acids is 2. The Morgan fingerprint density at radius 3 is 2.38 bits per heavy atom. The van der Waals surface area contributed by atoms with Gasteiger partial charge in [0, 0.05) is 45.6 Å². The molecule has 4 heterocycles. The first kappa shape index (κ1) is 49.5. The number of hydrogen-bond donors (Lipinski definition) is 6. The monoisotopic (exact) mass is 929 g/mol. The Kier molecular flexibility index (Phi) is 14.5. The van der Waals surface area contributed by atoms with Crippen LogP contribution in [0.1, 0.15) is 111 Å². The first-order chi connectivity index (χ1) is 31.2. The van der Waals surface area contributed by atoms with E-state index in [-0.39, 0.29) is 35.8 Å². The summed E-state index contributed by atoms with van der Waals surface area (Å²) in [5.41, 5.74) is 0.931. The molecule has 5 aliphatic rings. The average Bonchev–Trinajstić information content (AvgIpc) is 3.42. The van der Waals surface area contributed by atoms with Crippen LogP contribution >= 0.6 is 11.8 Å². The Morgan fingerprint density at radius 1 is 1.00 bits per heavy atom. The summed E-state index contributed by atoms with van der Waals surface area (Å²) in [5.74, 6) is -0.809. The third-order valence-electron chi connectivity index (χ3n) is 13.8. The number of nitrogens with one attached hydrogen (secondary N) is 1. The van der Waals surface area contributed by atoms with Crippen LogP contribution < -0.4 is 19.5 Å². The van der Waals surface area contributed by atoms with E-state index in [1.54, 1.807) is 24.8 Å². The van der Waals surface area contributed by atoms with E-state index < -0.39 is 77.0 Å². The van der Waals surface area contributed by atoms with Crippen molar-refractivity contribution in [2.24, 2.45) is 11.8 Å². The van der Waals surface area contributed by atoms with Gasteiger partial charge in [0.15, 0.2) is 17.0 Å². The summed E-state index contributed by atoms with van der Waals surface area (Å²) in [6.45, 7) is 17.1. The number of rotatable bonds is 12. The van der Waals surface area contributed by atoms with Gasteiger partial charge in [0.05, 0.1) is 36.2 Å². The quantitative estimate of drug-likeness (QED) is 0.0692. The number of fused-ring (bicyclic) bond motifs is 5. The van der Waals surface area contributed by atoms with Crippen LogP contribution in [0.2, 0.25) is 0 Å². The predicted octanol–water partition coefficient (Wildman–Crippen LogP) is 7.61. The summed E-state index contributed by atoms with van der Waals surface area (Å²) in [5, 5.41) is 60.7. The molecular formula is C52H67NO12S. The Bertz CT molecular complexity index is 2370. The van der Waals surface area contributed by atoms with E-state index in [2.05, 4.69) is 31.3 Å². The van der Waals surface area contributed by atoms with Crippen LogP contribution in [-0.2, 0) is 25.5 Å². The maximum Gasteiger partial charge on any atom is 0.333 e. The summed E-state index contributed by atoms with van der Waals surface area (Å²) >= 11 is 1.55. The molecule has 2 aromatic carbocycles. The summed E-state index contributed by atoms with van der Waals surface area (Å²) < 4.78 is 32.9. The van der Waals surface area contributed by atoms with Gasteiger partial charge >= 0.3 is 5.97 Å². The molecule has 6 N–H and O–H groups in total. The van der Waals surface area contributed by atoms with Crippen molar-refractivity contribution in [1.82, 2.24) is 0 Å². The molecule has 1 spiro atoms. The Morgan fingerprint density at radius 2 is 1.71 bits per heavy atom. The Labute approximate surface area is 392 Å². The van der Waals surface area contributed by atoms with Crippen molar-refractivity contribution in [3.05, 3.63) is 87.6 Å². The minimum absolute atomic E-state index is 0.0679. The van der Waals surface area contributed by atoms with Crippen LogP contribution in [-0.4, -0.2) is 104 Å². The highest BCUT2D eigenvalue weighted by atomic mass is 32.2. The van der Waals surface area contributed by atoms with Crippen LogP contribution in [0.25, 0.3) is 11.8 Å². The van der Waals surface area contributed by atoms with Crippen LogP contribution in [0.5, 0.6) is 17.2 Å². The number of aliphatic hydroxyl groups is 5. The van der Waals surface area contributed by atoms with Gasteiger partial charge in [-0.15, -0.1) is 11.8 Å². The molecule has 1 saturated carbocycles. The normalized spacial score (nSPS) is 31.3. The summed E-state index contributed by atoms with van der Waals surface area (Å²) in [4.78, 5) is 28.7. The molecule has 358 valence electrons. The SMILES string of the molecule is COC(=O)/C(C)=C\CC1(O)C(=O)CCC(C(C)C)C12Oc1c(CC=C(C)C)c3c(c(O[C@@H]4O[C@H](CO)[C@@H](O)[C@H](O)[C@H]4O)c1C1=C2C(C)Sc2ccccc2N1)C=CC(C)(CCC=C(C)C)O3.